The Labute approximate surface area is 150 Å². The van der Waals surface area contributed by atoms with E-state index in [4.69, 9.17) is 5.11 Å². The van der Waals surface area contributed by atoms with Gasteiger partial charge in [0.25, 0.3) is 0 Å². The van der Waals surface area contributed by atoms with Gasteiger partial charge in [0.15, 0.2) is 0 Å². The molecule has 134 valence electrons. The monoisotopic (exact) mass is 340 g/mol. The fraction of sp³-hybridized carbons (Fsp3) is 0.381. The molecule has 0 aromatic heterocycles. The zero-order valence-electron chi connectivity index (χ0n) is 15.3. The Balaban J connectivity index is 1.99. The Bertz CT molecular complexity index is 675. The summed E-state index contributed by atoms with van der Waals surface area (Å²) >= 11 is 0. The number of nitrogens with one attached hydrogen (secondary N) is 2. The van der Waals surface area contributed by atoms with E-state index in [-0.39, 0.29) is 25.1 Å². The zero-order chi connectivity index (χ0) is 18.2. The van der Waals surface area contributed by atoms with Gasteiger partial charge >= 0.3 is 0 Å². The van der Waals surface area contributed by atoms with Crippen LogP contribution in [0, 0.1) is 20.8 Å². The number of aryl methyl sites for hydroxylation is 3. The van der Waals surface area contributed by atoms with Crippen LogP contribution in [0.5, 0.6) is 0 Å². The van der Waals surface area contributed by atoms with Crippen LogP contribution in [-0.4, -0.2) is 24.2 Å². The van der Waals surface area contributed by atoms with Gasteiger partial charge in [0.1, 0.15) is 0 Å². The second-order valence-electron chi connectivity index (χ2n) is 6.53. The maximum Gasteiger partial charge on any atom is 0.238 e. The van der Waals surface area contributed by atoms with E-state index >= 15 is 0 Å². The van der Waals surface area contributed by atoms with E-state index in [0.717, 1.165) is 28.8 Å². The number of aliphatic hydroxyl groups is 1. The van der Waals surface area contributed by atoms with Crippen molar-refractivity contribution >= 4 is 11.6 Å². The highest BCUT2D eigenvalue weighted by Gasteiger charge is 2.13. The number of rotatable bonds is 8. The third-order valence-electron chi connectivity index (χ3n) is 4.30. The smallest absolute Gasteiger partial charge is 0.238 e. The van der Waals surface area contributed by atoms with Crippen LogP contribution in [-0.2, 0) is 4.79 Å². The predicted molar refractivity (Wildman–Crippen MR) is 103 cm³/mol. The van der Waals surface area contributed by atoms with Crippen molar-refractivity contribution in [2.45, 2.75) is 39.7 Å². The van der Waals surface area contributed by atoms with Gasteiger partial charge in [-0.3, -0.25) is 4.79 Å². The number of benzene rings is 2. The molecule has 3 N–H and O–H groups in total. The Morgan fingerprint density at radius 2 is 1.72 bits per heavy atom. The summed E-state index contributed by atoms with van der Waals surface area (Å²) in [5.74, 6) is -0.0556. The SMILES string of the molecule is Cc1cc(C)c(NC(=O)CNC(CCCO)c2ccccc2)c(C)c1. The molecular weight excluding hydrogens is 312 g/mol. The second-order valence-corrected chi connectivity index (χ2v) is 6.53. The van der Waals surface area contributed by atoms with Gasteiger partial charge in [0.05, 0.1) is 6.54 Å². The van der Waals surface area contributed by atoms with Gasteiger partial charge in [-0.25, -0.2) is 0 Å². The van der Waals surface area contributed by atoms with Crippen LogP contribution in [0.15, 0.2) is 42.5 Å². The molecule has 0 heterocycles. The normalized spacial score (nSPS) is 12.0. The van der Waals surface area contributed by atoms with Gasteiger partial charge in [-0.2, -0.15) is 0 Å². The fourth-order valence-electron chi connectivity index (χ4n) is 3.14. The molecule has 2 rings (SSSR count). The molecule has 2 aromatic carbocycles. The minimum absolute atomic E-state index is 0.0549. The van der Waals surface area contributed by atoms with E-state index in [1.165, 1.54) is 5.56 Å². The summed E-state index contributed by atoms with van der Waals surface area (Å²) < 4.78 is 0. The molecule has 0 aliphatic rings. The molecule has 1 amide bonds. The van der Waals surface area contributed by atoms with E-state index in [1.807, 2.05) is 44.2 Å². The average molecular weight is 340 g/mol. The van der Waals surface area contributed by atoms with Gasteiger partial charge < -0.3 is 15.7 Å². The van der Waals surface area contributed by atoms with Crippen molar-refractivity contribution in [3.63, 3.8) is 0 Å². The lowest BCUT2D eigenvalue weighted by Crippen LogP contribution is -2.31. The molecule has 1 atom stereocenters. The first-order valence-electron chi connectivity index (χ1n) is 8.78. The molecule has 0 bridgehead atoms. The topological polar surface area (TPSA) is 61.4 Å². The van der Waals surface area contributed by atoms with Gasteiger partial charge in [-0.1, -0.05) is 48.0 Å². The van der Waals surface area contributed by atoms with E-state index in [0.29, 0.717) is 6.42 Å². The zero-order valence-corrected chi connectivity index (χ0v) is 15.3. The number of carbonyl (C=O) groups excluding carboxylic acids is 1. The molecule has 0 fully saturated rings. The van der Waals surface area contributed by atoms with Gasteiger partial charge in [0, 0.05) is 18.3 Å². The summed E-state index contributed by atoms with van der Waals surface area (Å²) in [6.07, 6.45) is 1.49. The van der Waals surface area contributed by atoms with Crippen LogP contribution in [0.25, 0.3) is 0 Å². The third kappa shape index (κ3) is 5.69. The van der Waals surface area contributed by atoms with Crippen molar-refractivity contribution in [3.05, 3.63) is 64.7 Å². The van der Waals surface area contributed by atoms with Crippen LogP contribution in [0.4, 0.5) is 5.69 Å². The Kier molecular flexibility index (Phi) is 7.16. The summed E-state index contributed by atoms with van der Waals surface area (Å²) in [5.41, 5.74) is 5.37. The molecule has 0 aliphatic carbocycles. The van der Waals surface area contributed by atoms with Crippen LogP contribution < -0.4 is 10.6 Å². The molecule has 0 saturated carbocycles. The fourth-order valence-corrected chi connectivity index (χ4v) is 3.14. The van der Waals surface area contributed by atoms with Crippen LogP contribution in [0.1, 0.15) is 41.1 Å². The molecule has 0 radical (unpaired) electrons. The van der Waals surface area contributed by atoms with E-state index in [2.05, 4.69) is 29.7 Å². The summed E-state index contributed by atoms with van der Waals surface area (Å²) in [7, 11) is 0. The number of hydrogen-bond donors (Lipinski definition) is 3. The first-order chi connectivity index (χ1) is 12.0. The lowest BCUT2D eigenvalue weighted by atomic mass is 10.0. The lowest BCUT2D eigenvalue weighted by molar-refractivity contribution is -0.115. The molecule has 1 unspecified atom stereocenters. The van der Waals surface area contributed by atoms with Crippen LogP contribution in [0.2, 0.25) is 0 Å². The summed E-state index contributed by atoms with van der Waals surface area (Å²) in [5, 5.41) is 15.4. The predicted octanol–water partition coefficient (Wildman–Crippen LogP) is 3.65. The Morgan fingerprint density at radius 3 is 2.32 bits per heavy atom. The number of amides is 1. The van der Waals surface area contributed by atoms with Crippen LogP contribution >= 0.6 is 0 Å². The molecular formula is C21H28N2O2. The van der Waals surface area contributed by atoms with Gasteiger partial charge in [0.2, 0.25) is 5.91 Å². The second kappa shape index (κ2) is 9.35. The van der Waals surface area contributed by atoms with E-state index in [9.17, 15) is 4.79 Å². The van der Waals surface area contributed by atoms with Gasteiger partial charge in [-0.05, 0) is 50.3 Å². The first kappa shape index (κ1) is 19.2. The van der Waals surface area contributed by atoms with Crippen LogP contribution in [0.3, 0.4) is 0 Å². The van der Waals surface area contributed by atoms with Crippen molar-refractivity contribution in [1.82, 2.24) is 5.32 Å². The number of aliphatic hydroxyl groups excluding tert-OH is 1. The largest absolute Gasteiger partial charge is 0.396 e. The quantitative estimate of drug-likeness (QED) is 0.687. The van der Waals surface area contributed by atoms with E-state index < -0.39 is 0 Å². The minimum atomic E-state index is -0.0556. The highest BCUT2D eigenvalue weighted by Crippen LogP contribution is 2.22. The third-order valence-corrected chi connectivity index (χ3v) is 4.30. The minimum Gasteiger partial charge on any atom is -0.396 e. The van der Waals surface area contributed by atoms with Crippen molar-refractivity contribution in [3.8, 4) is 0 Å². The Hall–Kier alpha value is -2.17. The molecule has 25 heavy (non-hydrogen) atoms. The molecule has 4 nitrogen and oxygen atoms in total. The highest BCUT2D eigenvalue weighted by atomic mass is 16.2. The van der Waals surface area contributed by atoms with E-state index in [1.54, 1.807) is 0 Å². The van der Waals surface area contributed by atoms with Crippen molar-refractivity contribution < 1.29 is 9.90 Å². The maximum atomic E-state index is 12.4. The lowest BCUT2D eigenvalue weighted by Gasteiger charge is -2.19. The number of hydrogen-bond acceptors (Lipinski definition) is 3. The molecule has 0 spiro atoms. The average Bonchev–Trinajstić information content (AvgIpc) is 2.59. The number of anilines is 1. The summed E-state index contributed by atoms with van der Waals surface area (Å²) in [6.45, 7) is 6.46. The molecule has 0 aliphatic heterocycles. The summed E-state index contributed by atoms with van der Waals surface area (Å²) in [4.78, 5) is 12.4. The standard InChI is InChI=1S/C21H28N2O2/c1-15-12-16(2)21(17(3)13-15)23-20(25)14-22-19(10-7-11-24)18-8-5-4-6-9-18/h4-6,8-9,12-13,19,22,24H,7,10-11,14H2,1-3H3,(H,23,25). The maximum absolute atomic E-state index is 12.4. The van der Waals surface area contributed by atoms with Crippen molar-refractivity contribution in [2.75, 3.05) is 18.5 Å². The summed E-state index contributed by atoms with van der Waals surface area (Å²) in [6, 6.07) is 14.2. The molecule has 4 heteroatoms. The van der Waals surface area contributed by atoms with Crippen molar-refractivity contribution in [1.29, 1.82) is 0 Å². The Morgan fingerprint density at radius 1 is 1.08 bits per heavy atom. The molecule has 2 aromatic rings. The van der Waals surface area contributed by atoms with Gasteiger partial charge in [-0.15, -0.1) is 0 Å². The highest BCUT2D eigenvalue weighted by molar-refractivity contribution is 5.93. The first-order valence-corrected chi connectivity index (χ1v) is 8.78. The van der Waals surface area contributed by atoms with Crippen molar-refractivity contribution in [2.24, 2.45) is 0 Å². The number of carbonyl (C=O) groups is 1. The molecule has 0 saturated heterocycles.